The van der Waals surface area contributed by atoms with Gasteiger partial charge < -0.3 is 14.0 Å². The first kappa shape index (κ1) is 17.0. The average Bonchev–Trinajstić information content (AvgIpc) is 2.71. The van der Waals surface area contributed by atoms with Crippen LogP contribution in [0.25, 0.3) is 22.0 Å². The summed E-state index contributed by atoms with van der Waals surface area (Å²) in [6.07, 6.45) is 0.763. The molecule has 0 aliphatic carbocycles. The smallest absolute Gasteiger partial charge is 0.338 e. The van der Waals surface area contributed by atoms with Crippen molar-refractivity contribution in [2.75, 3.05) is 14.2 Å². The van der Waals surface area contributed by atoms with E-state index in [2.05, 4.69) is 0 Å². The second-order valence-electron chi connectivity index (χ2n) is 6.36. The van der Waals surface area contributed by atoms with Crippen molar-refractivity contribution in [3.05, 3.63) is 69.5 Å². The molecule has 0 radical (unpaired) electrons. The molecule has 0 saturated carbocycles. The Balaban J connectivity index is 2.05. The summed E-state index contributed by atoms with van der Waals surface area (Å²) < 4.78 is 11.3. The first-order valence-electron chi connectivity index (χ1n) is 8.51. The summed E-state index contributed by atoms with van der Waals surface area (Å²) in [7, 11) is 2.47. The molecule has 27 heavy (non-hydrogen) atoms. The molecule has 1 aromatic heterocycles. The van der Waals surface area contributed by atoms with Crippen LogP contribution in [0, 0.1) is 0 Å². The van der Waals surface area contributed by atoms with E-state index in [-0.39, 0.29) is 16.7 Å². The number of hydrogen-bond acceptors (Lipinski definition) is 5. The first-order chi connectivity index (χ1) is 13.0. The molecular weight excluding hydrogens is 346 g/mol. The molecule has 0 unspecified atom stereocenters. The van der Waals surface area contributed by atoms with E-state index in [9.17, 15) is 14.4 Å². The van der Waals surface area contributed by atoms with Gasteiger partial charge in [-0.3, -0.25) is 4.79 Å². The lowest BCUT2D eigenvalue weighted by molar-refractivity contribution is 0.0555. The Morgan fingerprint density at radius 1 is 0.963 bits per heavy atom. The molecule has 136 valence electrons. The number of hydrogen-bond donors (Lipinski definition) is 0. The van der Waals surface area contributed by atoms with Crippen LogP contribution in [0.5, 0.6) is 0 Å². The Labute approximate surface area is 154 Å². The summed E-state index contributed by atoms with van der Waals surface area (Å²) >= 11 is 0. The number of carbonyl (C=O) groups excluding carboxylic acids is 2. The fraction of sp³-hybridized carbons (Fsp3) is 0.190. The number of aromatic nitrogens is 1. The van der Waals surface area contributed by atoms with Gasteiger partial charge in [-0.1, -0.05) is 24.3 Å². The largest absolute Gasteiger partial charge is 0.465 e. The predicted octanol–water partition coefficient (Wildman–Crippen LogP) is 2.80. The Bertz CT molecular complexity index is 1160. The maximum absolute atomic E-state index is 13.1. The van der Waals surface area contributed by atoms with Gasteiger partial charge in [-0.2, -0.15) is 0 Å². The maximum Gasteiger partial charge on any atom is 0.338 e. The normalized spacial score (nSPS) is 12.2. The van der Waals surface area contributed by atoms with Gasteiger partial charge in [-0.05, 0) is 35.6 Å². The van der Waals surface area contributed by atoms with Crippen LogP contribution in [0.2, 0.25) is 0 Å². The molecule has 0 atom stereocenters. The minimum atomic E-state index is -0.690. The summed E-state index contributed by atoms with van der Waals surface area (Å²) in [6.45, 7) is 0.563. The number of nitrogens with zero attached hydrogens (tertiary/aromatic N) is 1. The van der Waals surface area contributed by atoms with E-state index in [1.165, 1.54) is 31.9 Å². The van der Waals surface area contributed by atoms with Crippen LogP contribution in [-0.2, 0) is 22.4 Å². The van der Waals surface area contributed by atoms with Crippen molar-refractivity contribution in [1.29, 1.82) is 0 Å². The van der Waals surface area contributed by atoms with Crippen molar-refractivity contribution in [3.63, 3.8) is 0 Å². The van der Waals surface area contributed by atoms with E-state index in [4.69, 9.17) is 9.47 Å². The van der Waals surface area contributed by atoms with Crippen LogP contribution in [0.4, 0.5) is 0 Å². The van der Waals surface area contributed by atoms with E-state index in [0.29, 0.717) is 17.3 Å². The molecule has 0 bridgehead atoms. The van der Waals surface area contributed by atoms with Crippen molar-refractivity contribution < 1.29 is 19.1 Å². The Kier molecular flexibility index (Phi) is 4.03. The molecule has 4 rings (SSSR count). The zero-order chi connectivity index (χ0) is 19.1. The highest BCUT2D eigenvalue weighted by atomic mass is 16.5. The third-order valence-corrected chi connectivity index (χ3v) is 4.96. The van der Waals surface area contributed by atoms with Crippen LogP contribution in [0.15, 0.2) is 47.3 Å². The first-order valence-corrected chi connectivity index (χ1v) is 8.51. The van der Waals surface area contributed by atoms with E-state index < -0.39 is 11.9 Å². The van der Waals surface area contributed by atoms with Crippen molar-refractivity contribution >= 4 is 22.7 Å². The van der Waals surface area contributed by atoms with Gasteiger partial charge >= 0.3 is 11.9 Å². The second kappa shape index (κ2) is 6.39. The Hall–Kier alpha value is -3.41. The second-order valence-corrected chi connectivity index (χ2v) is 6.36. The van der Waals surface area contributed by atoms with Crippen LogP contribution in [-0.4, -0.2) is 30.7 Å². The molecule has 0 amide bonds. The number of carbonyl (C=O) groups is 2. The molecule has 2 heterocycles. The third kappa shape index (κ3) is 2.61. The van der Waals surface area contributed by atoms with Gasteiger partial charge in [0.1, 0.15) is 0 Å². The lowest BCUT2D eigenvalue weighted by Crippen LogP contribution is -2.26. The number of fused-ring (bicyclic) bond motifs is 4. The summed E-state index contributed by atoms with van der Waals surface area (Å²) in [4.78, 5) is 37.4. The summed E-state index contributed by atoms with van der Waals surface area (Å²) in [5.74, 6) is -1.35. The van der Waals surface area contributed by atoms with E-state index in [1.54, 1.807) is 4.57 Å². The lowest BCUT2D eigenvalue weighted by Gasteiger charge is -2.22. The van der Waals surface area contributed by atoms with Gasteiger partial charge in [0.05, 0.1) is 31.0 Å². The SMILES string of the molecule is COC(=O)c1cc2cc3n(c(=O)c2cc1C(=O)OC)CCc1ccccc1-3. The number of pyridine rings is 1. The van der Waals surface area contributed by atoms with E-state index in [0.717, 1.165) is 17.7 Å². The van der Waals surface area contributed by atoms with Gasteiger partial charge in [-0.25, -0.2) is 9.59 Å². The topological polar surface area (TPSA) is 74.6 Å². The Morgan fingerprint density at radius 3 is 2.33 bits per heavy atom. The number of benzene rings is 2. The highest BCUT2D eigenvalue weighted by molar-refractivity contribution is 6.07. The standard InChI is InChI=1S/C21H17NO5/c1-26-20(24)16-9-13-10-18-14-6-4-3-5-12(14)7-8-22(18)19(23)15(13)11-17(16)21(25)27-2/h3-6,9-11H,7-8H2,1-2H3. The highest BCUT2D eigenvalue weighted by Gasteiger charge is 2.23. The van der Waals surface area contributed by atoms with Crippen LogP contribution >= 0.6 is 0 Å². The van der Waals surface area contributed by atoms with Gasteiger partial charge in [0, 0.05) is 17.5 Å². The number of ether oxygens (including phenoxy) is 2. The molecule has 6 heteroatoms. The highest BCUT2D eigenvalue weighted by Crippen LogP contribution is 2.31. The van der Waals surface area contributed by atoms with Crippen LogP contribution in [0.3, 0.4) is 0 Å². The van der Waals surface area contributed by atoms with Crippen molar-refractivity contribution in [2.24, 2.45) is 0 Å². The van der Waals surface area contributed by atoms with Gasteiger partial charge in [0.2, 0.25) is 0 Å². The van der Waals surface area contributed by atoms with Crippen molar-refractivity contribution in [2.45, 2.75) is 13.0 Å². The molecule has 0 N–H and O–H groups in total. The third-order valence-electron chi connectivity index (χ3n) is 4.96. The van der Waals surface area contributed by atoms with Gasteiger partial charge in [0.15, 0.2) is 0 Å². The van der Waals surface area contributed by atoms with Crippen LogP contribution < -0.4 is 5.56 Å². The molecule has 0 fully saturated rings. The summed E-state index contributed by atoms with van der Waals surface area (Å²) in [5, 5.41) is 0.946. The van der Waals surface area contributed by atoms with Gasteiger partial charge in [0.25, 0.3) is 5.56 Å². The summed E-state index contributed by atoms with van der Waals surface area (Å²) in [6, 6.07) is 12.8. The number of methoxy groups -OCH3 is 2. The van der Waals surface area contributed by atoms with Crippen molar-refractivity contribution in [1.82, 2.24) is 4.57 Å². The van der Waals surface area contributed by atoms with Crippen LogP contribution in [0.1, 0.15) is 26.3 Å². The predicted molar refractivity (Wildman–Crippen MR) is 100 cm³/mol. The average molecular weight is 363 g/mol. The minimum Gasteiger partial charge on any atom is -0.465 e. The fourth-order valence-electron chi connectivity index (χ4n) is 3.62. The van der Waals surface area contributed by atoms with E-state index in [1.807, 2.05) is 30.3 Å². The molecular formula is C21H17NO5. The Morgan fingerprint density at radius 2 is 1.63 bits per heavy atom. The minimum absolute atomic E-state index is 0.0192. The van der Waals surface area contributed by atoms with Gasteiger partial charge in [-0.15, -0.1) is 0 Å². The molecule has 0 saturated heterocycles. The zero-order valence-corrected chi connectivity index (χ0v) is 14.9. The lowest BCUT2D eigenvalue weighted by atomic mass is 9.94. The molecule has 1 aliphatic rings. The van der Waals surface area contributed by atoms with Crippen molar-refractivity contribution in [3.8, 4) is 11.3 Å². The molecule has 6 nitrogen and oxygen atoms in total. The molecule has 0 spiro atoms. The fourth-order valence-corrected chi connectivity index (χ4v) is 3.62. The molecule has 3 aromatic rings. The molecule has 2 aromatic carbocycles. The zero-order valence-electron chi connectivity index (χ0n) is 14.9. The molecule has 1 aliphatic heterocycles. The number of rotatable bonds is 2. The number of esters is 2. The summed E-state index contributed by atoms with van der Waals surface area (Å²) in [5.41, 5.74) is 2.88. The van der Waals surface area contributed by atoms with E-state index >= 15 is 0 Å². The quantitative estimate of drug-likeness (QED) is 0.655. The number of aryl methyl sites for hydroxylation is 1. The monoisotopic (exact) mass is 363 g/mol. The maximum atomic E-state index is 13.1.